The van der Waals surface area contributed by atoms with Crippen LogP contribution in [0.15, 0.2) is 6.33 Å². The lowest BCUT2D eigenvalue weighted by Gasteiger charge is -2.02. The molecule has 8 heteroatoms. The van der Waals surface area contributed by atoms with Crippen LogP contribution in [0, 0.1) is 6.92 Å². The molecule has 0 saturated heterocycles. The van der Waals surface area contributed by atoms with Crippen LogP contribution in [0.5, 0.6) is 0 Å². The van der Waals surface area contributed by atoms with E-state index >= 15 is 0 Å². The second-order valence-electron chi connectivity index (χ2n) is 3.60. The molecule has 0 radical (unpaired) electrons. The summed E-state index contributed by atoms with van der Waals surface area (Å²) in [6.45, 7) is 2.33. The average Bonchev–Trinajstić information content (AvgIpc) is 2.80. The van der Waals surface area contributed by atoms with Crippen molar-refractivity contribution >= 4 is 28.8 Å². The highest BCUT2D eigenvalue weighted by Crippen LogP contribution is 2.19. The molecule has 0 aliphatic rings. The fourth-order valence-corrected chi connectivity index (χ4v) is 1.80. The van der Waals surface area contributed by atoms with Gasteiger partial charge in [-0.1, -0.05) is 23.8 Å². The highest BCUT2D eigenvalue weighted by Gasteiger charge is 2.12. The van der Waals surface area contributed by atoms with Crippen LogP contribution in [0.1, 0.15) is 17.2 Å². The number of hydrogen-bond donors (Lipinski definition) is 1. The molecule has 0 aromatic carbocycles. The zero-order valence-corrected chi connectivity index (χ0v) is 11.0. The van der Waals surface area contributed by atoms with Crippen molar-refractivity contribution in [3.05, 3.63) is 28.6 Å². The molecule has 6 nitrogen and oxygen atoms in total. The van der Waals surface area contributed by atoms with E-state index in [9.17, 15) is 0 Å². The van der Waals surface area contributed by atoms with Gasteiger partial charge in [0.1, 0.15) is 11.3 Å². The van der Waals surface area contributed by atoms with Crippen LogP contribution in [-0.4, -0.2) is 29.5 Å². The van der Waals surface area contributed by atoms with Crippen molar-refractivity contribution in [2.24, 2.45) is 12.8 Å². The smallest absolute Gasteiger partial charge is 0.208 e. The van der Waals surface area contributed by atoms with Crippen LogP contribution in [0.2, 0.25) is 5.02 Å². The van der Waals surface area contributed by atoms with Gasteiger partial charge in [-0.25, -0.2) is 9.67 Å². The van der Waals surface area contributed by atoms with E-state index in [1.165, 1.54) is 0 Å². The molecule has 0 aliphatic heterocycles. The topological polar surface area (TPSA) is 74.5 Å². The van der Waals surface area contributed by atoms with Crippen molar-refractivity contribution < 1.29 is 0 Å². The first kappa shape index (κ1) is 12.0. The molecule has 90 valence electrons. The first-order valence-corrected chi connectivity index (χ1v) is 5.65. The van der Waals surface area contributed by atoms with Gasteiger partial charge in [0, 0.05) is 7.05 Å². The summed E-state index contributed by atoms with van der Waals surface area (Å²) in [6, 6.07) is 0. The molecule has 0 saturated carbocycles. The molecule has 2 aromatic rings. The third-order valence-corrected chi connectivity index (χ3v) is 3.00. The van der Waals surface area contributed by atoms with E-state index in [2.05, 4.69) is 15.2 Å². The third kappa shape index (κ3) is 2.29. The Bertz CT molecular complexity index is 572. The Balaban J connectivity index is 2.28. The number of thiocarbonyl (C=S) groups is 1. The standard InChI is InChI=1S/C9H11ClN6S/c1-5-7(10)6(15(2)13-5)3-16-4-12-9(14-16)8(11)17/h4H,3H2,1-2H3,(H2,11,17). The van der Waals surface area contributed by atoms with Crippen LogP contribution in [0.4, 0.5) is 0 Å². The number of nitrogens with zero attached hydrogens (tertiary/aromatic N) is 5. The second-order valence-corrected chi connectivity index (χ2v) is 4.42. The number of aromatic nitrogens is 5. The van der Waals surface area contributed by atoms with Crippen LogP contribution < -0.4 is 5.73 Å². The number of aryl methyl sites for hydroxylation is 2. The monoisotopic (exact) mass is 270 g/mol. The molecule has 0 aliphatic carbocycles. The summed E-state index contributed by atoms with van der Waals surface area (Å²) in [5.74, 6) is 0.356. The Labute approximate surface area is 108 Å². The lowest BCUT2D eigenvalue weighted by atomic mass is 10.3. The summed E-state index contributed by atoms with van der Waals surface area (Å²) in [4.78, 5) is 4.17. The minimum absolute atomic E-state index is 0.177. The van der Waals surface area contributed by atoms with Gasteiger partial charge in [-0.3, -0.25) is 4.68 Å². The van der Waals surface area contributed by atoms with E-state index in [4.69, 9.17) is 29.6 Å². The fourth-order valence-electron chi connectivity index (χ4n) is 1.49. The maximum absolute atomic E-state index is 6.14. The van der Waals surface area contributed by atoms with Gasteiger partial charge >= 0.3 is 0 Å². The second kappa shape index (κ2) is 4.42. The number of rotatable bonds is 3. The largest absolute Gasteiger partial charge is 0.387 e. The van der Waals surface area contributed by atoms with E-state index in [0.29, 0.717) is 17.4 Å². The van der Waals surface area contributed by atoms with Crippen molar-refractivity contribution in [3.8, 4) is 0 Å². The molecule has 0 spiro atoms. The first-order chi connectivity index (χ1) is 7.99. The average molecular weight is 271 g/mol. The number of halogens is 1. The van der Waals surface area contributed by atoms with E-state index in [1.54, 1.807) is 15.7 Å². The Morgan fingerprint density at radius 1 is 1.53 bits per heavy atom. The van der Waals surface area contributed by atoms with Crippen molar-refractivity contribution in [2.45, 2.75) is 13.5 Å². The molecule has 2 N–H and O–H groups in total. The molecular formula is C9H11ClN6S. The van der Waals surface area contributed by atoms with Crippen LogP contribution in [-0.2, 0) is 13.6 Å². The zero-order chi connectivity index (χ0) is 12.6. The van der Waals surface area contributed by atoms with Crippen molar-refractivity contribution in [2.75, 3.05) is 0 Å². The van der Waals surface area contributed by atoms with Gasteiger partial charge in [0.2, 0.25) is 5.82 Å². The molecule has 0 amide bonds. The number of nitrogens with two attached hydrogens (primary N) is 1. The van der Waals surface area contributed by atoms with Crippen molar-refractivity contribution in [1.82, 2.24) is 24.5 Å². The number of hydrogen-bond acceptors (Lipinski definition) is 4. The van der Waals surface area contributed by atoms with Crippen molar-refractivity contribution in [1.29, 1.82) is 0 Å². The van der Waals surface area contributed by atoms with Gasteiger partial charge in [-0.15, -0.1) is 5.10 Å². The molecule has 0 atom stereocenters. The molecule has 2 aromatic heterocycles. The van der Waals surface area contributed by atoms with Gasteiger partial charge in [-0.2, -0.15) is 5.10 Å². The molecule has 2 heterocycles. The predicted octanol–water partition coefficient (Wildman–Crippen LogP) is 0.656. The summed E-state index contributed by atoms with van der Waals surface area (Å²) < 4.78 is 3.34. The maximum atomic E-state index is 6.14. The third-order valence-electron chi connectivity index (χ3n) is 2.33. The predicted molar refractivity (Wildman–Crippen MR) is 68.0 cm³/mol. The highest BCUT2D eigenvalue weighted by molar-refractivity contribution is 7.80. The van der Waals surface area contributed by atoms with E-state index in [1.807, 2.05) is 14.0 Å². The summed E-state index contributed by atoms with van der Waals surface area (Å²) >= 11 is 10.9. The molecule has 0 fully saturated rings. The summed E-state index contributed by atoms with van der Waals surface area (Å²) in [5, 5.41) is 9.00. The highest BCUT2D eigenvalue weighted by atomic mass is 35.5. The van der Waals surface area contributed by atoms with Crippen LogP contribution in [0.25, 0.3) is 0 Å². The lowest BCUT2D eigenvalue weighted by Crippen LogP contribution is -2.13. The van der Waals surface area contributed by atoms with Gasteiger partial charge in [0.25, 0.3) is 0 Å². The maximum Gasteiger partial charge on any atom is 0.208 e. The van der Waals surface area contributed by atoms with Gasteiger partial charge in [0.05, 0.1) is 23.0 Å². The molecule has 0 unspecified atom stereocenters. The van der Waals surface area contributed by atoms with Gasteiger partial charge in [-0.05, 0) is 6.92 Å². The molecular weight excluding hydrogens is 260 g/mol. The van der Waals surface area contributed by atoms with Gasteiger partial charge < -0.3 is 5.73 Å². The van der Waals surface area contributed by atoms with E-state index in [-0.39, 0.29) is 4.99 Å². The minimum atomic E-state index is 0.177. The van der Waals surface area contributed by atoms with Crippen LogP contribution >= 0.6 is 23.8 Å². The molecule has 2 rings (SSSR count). The van der Waals surface area contributed by atoms with Crippen LogP contribution in [0.3, 0.4) is 0 Å². The lowest BCUT2D eigenvalue weighted by molar-refractivity contribution is 0.617. The van der Waals surface area contributed by atoms with E-state index in [0.717, 1.165) is 11.4 Å². The Morgan fingerprint density at radius 3 is 2.71 bits per heavy atom. The van der Waals surface area contributed by atoms with Gasteiger partial charge in [0.15, 0.2) is 0 Å². The Hall–Kier alpha value is -1.47. The zero-order valence-electron chi connectivity index (χ0n) is 9.38. The summed E-state index contributed by atoms with van der Waals surface area (Å²) in [6.07, 6.45) is 1.56. The molecule has 0 bridgehead atoms. The van der Waals surface area contributed by atoms with E-state index < -0.39 is 0 Å². The SMILES string of the molecule is Cc1nn(C)c(Cn2cnc(C(N)=S)n2)c1Cl. The minimum Gasteiger partial charge on any atom is -0.387 e. The Morgan fingerprint density at radius 2 is 2.24 bits per heavy atom. The Kier molecular flexibility index (Phi) is 3.12. The first-order valence-electron chi connectivity index (χ1n) is 4.86. The fraction of sp³-hybridized carbons (Fsp3) is 0.333. The molecule has 17 heavy (non-hydrogen) atoms. The summed E-state index contributed by atoms with van der Waals surface area (Å²) in [5.41, 5.74) is 7.09. The van der Waals surface area contributed by atoms with Crippen molar-refractivity contribution in [3.63, 3.8) is 0 Å². The summed E-state index contributed by atoms with van der Waals surface area (Å²) in [7, 11) is 1.83. The quantitative estimate of drug-likeness (QED) is 0.829. The normalized spacial score (nSPS) is 10.8.